The van der Waals surface area contributed by atoms with E-state index in [4.69, 9.17) is 9.47 Å². The van der Waals surface area contributed by atoms with Crippen LogP contribution in [-0.2, 0) is 0 Å². The molecule has 0 amide bonds. The first kappa shape index (κ1) is 13.2. The molecule has 0 aliphatic carbocycles. The number of hydrogen-bond acceptors (Lipinski definition) is 5. The molecule has 106 valence electrons. The SMILES string of the molecule is CN1CCN(CC(C#N)c2ccc3c(c2)OCO3)CC1. The highest BCUT2D eigenvalue weighted by atomic mass is 16.7. The highest BCUT2D eigenvalue weighted by molar-refractivity contribution is 5.46. The first-order valence-electron chi connectivity index (χ1n) is 6.96. The number of piperazine rings is 1. The van der Waals surface area contributed by atoms with Crippen molar-refractivity contribution < 1.29 is 9.47 Å². The van der Waals surface area contributed by atoms with E-state index >= 15 is 0 Å². The van der Waals surface area contributed by atoms with Crippen LogP contribution in [0.25, 0.3) is 0 Å². The maximum atomic E-state index is 9.45. The van der Waals surface area contributed by atoms with Gasteiger partial charge in [0.2, 0.25) is 6.79 Å². The van der Waals surface area contributed by atoms with E-state index in [1.165, 1.54) is 0 Å². The van der Waals surface area contributed by atoms with Gasteiger partial charge >= 0.3 is 0 Å². The molecule has 0 radical (unpaired) electrons. The van der Waals surface area contributed by atoms with Crippen molar-refractivity contribution in [3.63, 3.8) is 0 Å². The van der Waals surface area contributed by atoms with Crippen molar-refractivity contribution in [2.24, 2.45) is 0 Å². The molecule has 2 heterocycles. The van der Waals surface area contributed by atoms with Crippen LogP contribution >= 0.6 is 0 Å². The summed E-state index contributed by atoms with van der Waals surface area (Å²) >= 11 is 0. The Morgan fingerprint density at radius 3 is 2.70 bits per heavy atom. The van der Waals surface area contributed by atoms with Gasteiger partial charge in [0, 0.05) is 32.7 Å². The van der Waals surface area contributed by atoms with E-state index in [0.717, 1.165) is 49.8 Å². The van der Waals surface area contributed by atoms with Gasteiger partial charge in [-0.25, -0.2) is 0 Å². The largest absolute Gasteiger partial charge is 0.454 e. The summed E-state index contributed by atoms with van der Waals surface area (Å²) in [4.78, 5) is 4.68. The summed E-state index contributed by atoms with van der Waals surface area (Å²) in [5, 5.41) is 9.45. The van der Waals surface area contributed by atoms with Crippen molar-refractivity contribution in [3.8, 4) is 17.6 Å². The molecule has 1 aromatic carbocycles. The molecule has 1 atom stereocenters. The Labute approximate surface area is 119 Å². The van der Waals surface area contributed by atoms with Crippen molar-refractivity contribution in [1.29, 1.82) is 5.26 Å². The summed E-state index contributed by atoms with van der Waals surface area (Å²) < 4.78 is 10.7. The second kappa shape index (κ2) is 5.70. The Morgan fingerprint density at radius 1 is 1.20 bits per heavy atom. The zero-order valence-electron chi connectivity index (χ0n) is 11.7. The zero-order chi connectivity index (χ0) is 13.9. The molecule has 1 fully saturated rings. The van der Waals surface area contributed by atoms with Gasteiger partial charge in [0.1, 0.15) is 0 Å². The lowest BCUT2D eigenvalue weighted by Crippen LogP contribution is -2.45. The second-order valence-electron chi connectivity index (χ2n) is 5.40. The van der Waals surface area contributed by atoms with Crippen LogP contribution in [0.15, 0.2) is 18.2 Å². The third-order valence-corrected chi connectivity index (χ3v) is 3.99. The van der Waals surface area contributed by atoms with Gasteiger partial charge in [-0.1, -0.05) is 6.07 Å². The third kappa shape index (κ3) is 2.72. The summed E-state index contributed by atoms with van der Waals surface area (Å²) in [6.45, 7) is 5.25. The Kier molecular flexibility index (Phi) is 3.77. The van der Waals surface area contributed by atoms with E-state index in [1.807, 2.05) is 18.2 Å². The first-order valence-corrected chi connectivity index (χ1v) is 6.96. The molecule has 0 saturated carbocycles. The predicted octanol–water partition coefficient (Wildman–Crippen LogP) is 1.27. The van der Waals surface area contributed by atoms with Crippen LogP contribution in [0.1, 0.15) is 11.5 Å². The van der Waals surface area contributed by atoms with E-state index in [1.54, 1.807) is 0 Å². The van der Waals surface area contributed by atoms with Crippen LogP contribution in [0.2, 0.25) is 0 Å². The second-order valence-corrected chi connectivity index (χ2v) is 5.40. The molecule has 1 saturated heterocycles. The summed E-state index contributed by atoms with van der Waals surface area (Å²) in [6.07, 6.45) is 0. The molecule has 2 aliphatic heterocycles. The number of likely N-dealkylation sites (N-methyl/N-ethyl adjacent to an activating group) is 1. The Balaban J connectivity index is 1.69. The topological polar surface area (TPSA) is 48.7 Å². The van der Waals surface area contributed by atoms with E-state index in [2.05, 4.69) is 22.9 Å². The maximum Gasteiger partial charge on any atom is 0.231 e. The number of hydrogen-bond donors (Lipinski definition) is 0. The fraction of sp³-hybridized carbons (Fsp3) is 0.533. The number of nitrogens with zero attached hydrogens (tertiary/aromatic N) is 3. The molecule has 0 bridgehead atoms. The van der Waals surface area contributed by atoms with Gasteiger partial charge in [0.25, 0.3) is 0 Å². The predicted molar refractivity (Wildman–Crippen MR) is 74.9 cm³/mol. The van der Waals surface area contributed by atoms with Crippen molar-refractivity contribution in [2.45, 2.75) is 5.92 Å². The van der Waals surface area contributed by atoms with E-state index in [9.17, 15) is 5.26 Å². The first-order chi connectivity index (χ1) is 9.76. The maximum absolute atomic E-state index is 9.45. The molecule has 1 aromatic rings. The molecule has 0 spiro atoms. The van der Waals surface area contributed by atoms with Crippen molar-refractivity contribution in [1.82, 2.24) is 9.80 Å². The van der Waals surface area contributed by atoms with Crippen molar-refractivity contribution >= 4 is 0 Å². The number of rotatable bonds is 3. The summed E-state index contributed by atoms with van der Waals surface area (Å²) in [5.41, 5.74) is 1.01. The van der Waals surface area contributed by atoms with Crippen LogP contribution in [-0.4, -0.2) is 56.4 Å². The third-order valence-electron chi connectivity index (χ3n) is 3.99. The van der Waals surface area contributed by atoms with Crippen molar-refractivity contribution in [3.05, 3.63) is 23.8 Å². The van der Waals surface area contributed by atoms with Gasteiger partial charge in [0.15, 0.2) is 11.5 Å². The minimum Gasteiger partial charge on any atom is -0.454 e. The normalized spacial score (nSPS) is 20.6. The van der Waals surface area contributed by atoms with Crippen LogP contribution in [0, 0.1) is 11.3 Å². The van der Waals surface area contributed by atoms with Gasteiger partial charge in [-0.15, -0.1) is 0 Å². The molecular weight excluding hydrogens is 254 g/mol. The van der Waals surface area contributed by atoms with Gasteiger partial charge in [0.05, 0.1) is 12.0 Å². The highest BCUT2D eigenvalue weighted by Crippen LogP contribution is 2.34. The van der Waals surface area contributed by atoms with E-state index in [-0.39, 0.29) is 12.7 Å². The number of nitriles is 1. The van der Waals surface area contributed by atoms with Crippen molar-refractivity contribution in [2.75, 3.05) is 46.6 Å². The number of ether oxygens (including phenoxy) is 2. The molecule has 0 aromatic heterocycles. The minimum atomic E-state index is -0.118. The minimum absolute atomic E-state index is 0.118. The van der Waals surface area contributed by atoms with Crippen LogP contribution in [0.5, 0.6) is 11.5 Å². The lowest BCUT2D eigenvalue weighted by Gasteiger charge is -2.33. The van der Waals surface area contributed by atoms with Gasteiger partial charge in [-0.05, 0) is 24.7 Å². The summed E-state index contributed by atoms with van der Waals surface area (Å²) in [7, 11) is 2.14. The van der Waals surface area contributed by atoms with E-state index < -0.39 is 0 Å². The average Bonchev–Trinajstić information content (AvgIpc) is 2.94. The van der Waals surface area contributed by atoms with Gasteiger partial charge in [-0.2, -0.15) is 5.26 Å². The molecule has 2 aliphatic rings. The smallest absolute Gasteiger partial charge is 0.231 e. The zero-order valence-corrected chi connectivity index (χ0v) is 11.7. The molecule has 3 rings (SSSR count). The number of fused-ring (bicyclic) bond motifs is 1. The highest BCUT2D eigenvalue weighted by Gasteiger charge is 2.21. The molecule has 1 unspecified atom stereocenters. The van der Waals surface area contributed by atoms with E-state index in [0.29, 0.717) is 0 Å². The molecule has 5 nitrogen and oxygen atoms in total. The Bertz CT molecular complexity index is 518. The average molecular weight is 273 g/mol. The quantitative estimate of drug-likeness (QED) is 0.830. The molecule has 20 heavy (non-hydrogen) atoms. The monoisotopic (exact) mass is 273 g/mol. The standard InChI is InChI=1S/C15H19N3O2/c1-17-4-6-18(7-5-17)10-13(9-16)12-2-3-14-15(8-12)20-11-19-14/h2-3,8,13H,4-7,10-11H2,1H3. The van der Waals surface area contributed by atoms with Crippen LogP contribution < -0.4 is 9.47 Å². The lowest BCUT2D eigenvalue weighted by molar-refractivity contribution is 0.152. The summed E-state index contributed by atoms with van der Waals surface area (Å²) in [5.74, 6) is 1.40. The van der Waals surface area contributed by atoms with Gasteiger partial charge < -0.3 is 14.4 Å². The molecule has 0 N–H and O–H groups in total. The van der Waals surface area contributed by atoms with Gasteiger partial charge in [-0.3, -0.25) is 4.90 Å². The molecule has 5 heteroatoms. The van der Waals surface area contributed by atoms with Crippen LogP contribution in [0.3, 0.4) is 0 Å². The lowest BCUT2D eigenvalue weighted by atomic mass is 9.99. The molecular formula is C15H19N3O2. The Morgan fingerprint density at radius 2 is 1.95 bits per heavy atom. The fourth-order valence-electron chi connectivity index (χ4n) is 2.64. The number of benzene rings is 1. The Hall–Kier alpha value is -1.77. The van der Waals surface area contributed by atoms with Crippen LogP contribution in [0.4, 0.5) is 0 Å². The fourth-order valence-corrected chi connectivity index (χ4v) is 2.64. The summed E-state index contributed by atoms with van der Waals surface area (Å²) in [6, 6.07) is 8.22.